The van der Waals surface area contributed by atoms with Crippen molar-refractivity contribution in [2.75, 3.05) is 25.5 Å². The largest absolute Gasteiger partial charge is 0.508 e. The summed E-state index contributed by atoms with van der Waals surface area (Å²) in [6.45, 7) is 18.0. The molecule has 5 bridgehead atoms. The van der Waals surface area contributed by atoms with Gasteiger partial charge in [0.2, 0.25) is 0 Å². The van der Waals surface area contributed by atoms with E-state index < -0.39 is 88.8 Å². The summed E-state index contributed by atoms with van der Waals surface area (Å²) in [5, 5.41) is 78.4. The minimum atomic E-state index is -2.08. The number of nitrogens with zero attached hydrogens (tertiary/aromatic N) is 3. The summed E-state index contributed by atoms with van der Waals surface area (Å²) in [7, 11) is 1.43. The van der Waals surface area contributed by atoms with Crippen LogP contribution in [-0.2, 0) is 30.3 Å². The summed E-state index contributed by atoms with van der Waals surface area (Å²) in [5.41, 5.74) is 0.274. The molecule has 0 unspecified atom stereocenters. The summed E-state index contributed by atoms with van der Waals surface area (Å²) in [6, 6.07) is 6.75. The third-order valence-corrected chi connectivity index (χ3v) is 13.7. The molecule has 4 aliphatic heterocycles. The minimum Gasteiger partial charge on any atom is -0.508 e. The number of piperazine rings is 1. The van der Waals surface area contributed by atoms with Gasteiger partial charge in [0.15, 0.2) is 5.75 Å². The number of carbonyl (C=O) groups is 3. The van der Waals surface area contributed by atoms with Crippen LogP contribution >= 0.6 is 0 Å². The SMILES string of the molecule is CO[C@@H]1C=CO[C@@]2(C)Oc3c(C)c(O)c4c(O)c(c(C=NN5[C@H](C)CN(Cc6ccccc6O)C[C@@H]5C)c(O)c4c3C2=O)NC(=O)C(C)=CC=C[C@H](C)[C@H](O)[C@H](C)[C@H](O)[C@H](C)[C@@H](OC(C)=O)[C@@H]1C. The molecule has 0 aliphatic carbocycles. The van der Waals surface area contributed by atoms with Crippen LogP contribution in [0.2, 0.25) is 0 Å². The Morgan fingerprint density at radius 1 is 0.912 bits per heavy atom. The van der Waals surface area contributed by atoms with Gasteiger partial charge in [-0.15, -0.1) is 0 Å². The van der Waals surface area contributed by atoms with Gasteiger partial charge >= 0.3 is 11.8 Å². The van der Waals surface area contributed by atoms with Crippen LogP contribution < -0.4 is 10.1 Å². The van der Waals surface area contributed by atoms with Crippen molar-refractivity contribution in [3.63, 3.8) is 0 Å². The average molecular weight is 943 g/mol. The second-order valence-corrected chi connectivity index (χ2v) is 18.8. The summed E-state index contributed by atoms with van der Waals surface area (Å²) < 4.78 is 23.8. The van der Waals surface area contributed by atoms with Crippen LogP contribution in [0.4, 0.5) is 5.69 Å². The topological polar surface area (TPSA) is 240 Å². The van der Waals surface area contributed by atoms with E-state index in [9.17, 15) is 45.0 Å². The van der Waals surface area contributed by atoms with E-state index in [2.05, 4.69) is 10.2 Å². The first kappa shape index (κ1) is 51.3. The number of rotatable bonds is 6. The highest BCUT2D eigenvalue weighted by Crippen LogP contribution is 2.55. The van der Waals surface area contributed by atoms with E-state index in [1.54, 1.807) is 52.0 Å². The molecule has 17 heteroatoms. The summed E-state index contributed by atoms with van der Waals surface area (Å²) in [6.07, 6.45) is 4.75. The number of amides is 1. The van der Waals surface area contributed by atoms with Gasteiger partial charge in [0.05, 0.1) is 65.1 Å². The van der Waals surface area contributed by atoms with Gasteiger partial charge in [-0.1, -0.05) is 64.1 Å². The van der Waals surface area contributed by atoms with Crippen molar-refractivity contribution >= 4 is 40.3 Å². The number of aliphatic hydroxyl groups is 2. The zero-order valence-corrected chi connectivity index (χ0v) is 40.6. The van der Waals surface area contributed by atoms with E-state index in [0.29, 0.717) is 19.6 Å². The molecule has 4 aliphatic rings. The van der Waals surface area contributed by atoms with Gasteiger partial charge in [0, 0.05) is 86.3 Å². The van der Waals surface area contributed by atoms with Gasteiger partial charge in [-0.2, -0.15) is 5.10 Å². The van der Waals surface area contributed by atoms with E-state index in [0.717, 1.165) is 5.56 Å². The fraction of sp³-hybridized carbons (Fsp3) is 0.490. The standard InChI is InChI=1S/C51H66N4O13/c1-25-15-14-16-26(2)50(64)53-41-35(21-52-55-27(3)22-54(23-28(55)4)24-34-17-12-13-18-36(34)57)45(61)38-39(46(41)62)44(60)32(8)48-40(38)49(63)51(10,68-48)66-20-19-37(65-11)29(5)47(67-33(9)56)31(7)43(59)30(6)42(25)58/h12-21,25,27-31,37,42-43,47,57-62H,22-24H2,1-11H3,(H,53,64)/t25-,27-,28+,29+,30-,31-,37+,42-,43-,47-,51-/m0/s1. The molecule has 1 saturated heterocycles. The molecular formula is C51H66N4O13. The lowest BCUT2D eigenvalue weighted by atomic mass is 9.78. The molecule has 4 heterocycles. The number of anilines is 1. The van der Waals surface area contributed by atoms with Crippen LogP contribution in [0.3, 0.4) is 0 Å². The monoisotopic (exact) mass is 942 g/mol. The minimum absolute atomic E-state index is 0.0346. The van der Waals surface area contributed by atoms with Crippen molar-refractivity contribution in [3.05, 3.63) is 82.7 Å². The van der Waals surface area contributed by atoms with Crippen molar-refractivity contribution in [2.24, 2.45) is 28.8 Å². The molecule has 3 aromatic carbocycles. The lowest BCUT2D eigenvalue weighted by Crippen LogP contribution is -2.54. The van der Waals surface area contributed by atoms with E-state index in [4.69, 9.17) is 24.0 Å². The van der Waals surface area contributed by atoms with E-state index in [1.807, 2.05) is 31.0 Å². The number of aromatic hydroxyl groups is 4. The van der Waals surface area contributed by atoms with Gasteiger partial charge in [-0.25, -0.2) is 0 Å². The van der Waals surface area contributed by atoms with Crippen molar-refractivity contribution < 1.29 is 64.0 Å². The Morgan fingerprint density at radius 3 is 2.21 bits per heavy atom. The molecule has 0 saturated carbocycles. The number of esters is 1. The molecule has 0 spiro atoms. The number of phenols is 4. The Morgan fingerprint density at radius 2 is 1.57 bits per heavy atom. The highest BCUT2D eigenvalue weighted by Gasteiger charge is 2.50. The number of fused-ring (bicyclic) bond motifs is 14. The maximum atomic E-state index is 14.6. The third-order valence-electron chi connectivity index (χ3n) is 13.7. The highest BCUT2D eigenvalue weighted by molar-refractivity contribution is 6.23. The Balaban J connectivity index is 1.48. The summed E-state index contributed by atoms with van der Waals surface area (Å²) in [5.74, 6) is -8.45. The lowest BCUT2D eigenvalue weighted by molar-refractivity contribution is -0.160. The fourth-order valence-electron chi connectivity index (χ4n) is 9.66. The van der Waals surface area contributed by atoms with Crippen molar-refractivity contribution in [1.82, 2.24) is 9.91 Å². The molecule has 7 rings (SSSR count). The van der Waals surface area contributed by atoms with Gasteiger partial charge in [0.1, 0.15) is 29.1 Å². The van der Waals surface area contributed by atoms with E-state index >= 15 is 0 Å². The van der Waals surface area contributed by atoms with Crippen LogP contribution in [0, 0.1) is 30.6 Å². The highest BCUT2D eigenvalue weighted by atomic mass is 16.7. The number of nitrogens with one attached hydrogen (secondary N) is 1. The molecule has 3 aromatic rings. The zero-order chi connectivity index (χ0) is 50.1. The van der Waals surface area contributed by atoms with Gasteiger partial charge < -0.3 is 54.9 Å². The average Bonchev–Trinajstić information content (AvgIpc) is 3.55. The molecule has 68 heavy (non-hydrogen) atoms. The molecular weight excluding hydrogens is 877 g/mol. The maximum absolute atomic E-state index is 14.6. The molecule has 368 valence electrons. The third kappa shape index (κ3) is 10.0. The number of methoxy groups -OCH3 is 1. The number of hydrogen-bond acceptors (Lipinski definition) is 16. The number of hydrazone groups is 1. The van der Waals surface area contributed by atoms with Gasteiger partial charge in [0.25, 0.3) is 11.7 Å². The number of aliphatic hydroxyl groups excluding tert-OH is 2. The van der Waals surface area contributed by atoms with Gasteiger partial charge in [-0.3, -0.25) is 24.3 Å². The fourth-order valence-corrected chi connectivity index (χ4v) is 9.66. The number of Topliss-reactive ketones (excluding diaryl/α,β-unsaturated/α-hetero) is 1. The first-order valence-electron chi connectivity index (χ1n) is 22.9. The quantitative estimate of drug-likeness (QED) is 0.0614. The van der Waals surface area contributed by atoms with Crippen molar-refractivity contribution in [1.29, 1.82) is 0 Å². The Labute approximate surface area is 396 Å². The maximum Gasteiger partial charge on any atom is 0.312 e. The van der Waals surface area contributed by atoms with E-state index in [1.165, 1.54) is 59.4 Å². The Kier molecular flexibility index (Phi) is 15.5. The van der Waals surface area contributed by atoms with Crippen LogP contribution in [-0.4, -0.2) is 127 Å². The molecule has 1 amide bonds. The van der Waals surface area contributed by atoms with Crippen LogP contribution in [0.5, 0.6) is 28.7 Å². The molecule has 0 aromatic heterocycles. The number of hydrogen-bond donors (Lipinski definition) is 7. The van der Waals surface area contributed by atoms with Crippen LogP contribution in [0.25, 0.3) is 10.8 Å². The van der Waals surface area contributed by atoms with Crippen molar-refractivity contribution in [2.45, 2.75) is 118 Å². The van der Waals surface area contributed by atoms with Gasteiger partial charge in [-0.05, 0) is 39.8 Å². The first-order chi connectivity index (χ1) is 32.0. The van der Waals surface area contributed by atoms with Crippen molar-refractivity contribution in [3.8, 4) is 28.7 Å². The molecule has 0 radical (unpaired) electrons. The van der Waals surface area contributed by atoms with Crippen LogP contribution in [0.1, 0.15) is 89.4 Å². The summed E-state index contributed by atoms with van der Waals surface area (Å²) >= 11 is 0. The molecule has 17 nitrogen and oxygen atoms in total. The number of ketones is 1. The number of phenolic OH excluding ortho intramolecular Hbond substituents is 4. The Hall–Kier alpha value is -6.14. The predicted octanol–water partition coefficient (Wildman–Crippen LogP) is 6.39. The lowest BCUT2D eigenvalue weighted by Gasteiger charge is -2.43. The Bertz CT molecular complexity index is 2530. The second-order valence-electron chi connectivity index (χ2n) is 18.8. The molecule has 7 N–H and O–H groups in total. The second kappa shape index (κ2) is 20.6. The normalized spacial score (nSPS) is 29.8. The smallest absolute Gasteiger partial charge is 0.312 e. The zero-order valence-electron chi connectivity index (χ0n) is 40.6. The number of allylic oxidation sites excluding steroid dienone is 2. The number of ether oxygens (including phenoxy) is 4. The number of para-hydroxylation sites is 1. The predicted molar refractivity (Wildman–Crippen MR) is 256 cm³/mol. The number of benzene rings is 3. The number of carbonyl (C=O) groups excluding carboxylic acids is 3. The van der Waals surface area contributed by atoms with Crippen LogP contribution in [0.15, 0.2) is 65.5 Å². The summed E-state index contributed by atoms with van der Waals surface area (Å²) in [4.78, 5) is 43.2. The first-order valence-corrected chi connectivity index (χ1v) is 22.9. The van der Waals surface area contributed by atoms with E-state index in [-0.39, 0.29) is 62.3 Å². The molecule has 1 fully saturated rings. The molecule has 11 atom stereocenters.